The third-order valence-corrected chi connectivity index (χ3v) is 3.52. The number of hydrogen-bond acceptors (Lipinski definition) is 3. The summed E-state index contributed by atoms with van der Waals surface area (Å²) < 4.78 is 11.1. The van der Waals surface area contributed by atoms with Crippen molar-refractivity contribution in [1.82, 2.24) is 5.32 Å². The quantitative estimate of drug-likeness (QED) is 0.877. The maximum Gasteiger partial charge on any atom is 0.105 e. The molecule has 0 saturated carbocycles. The van der Waals surface area contributed by atoms with Crippen molar-refractivity contribution in [3.05, 3.63) is 23.2 Å². The zero-order valence-corrected chi connectivity index (χ0v) is 11.2. The van der Waals surface area contributed by atoms with Crippen molar-refractivity contribution >= 4 is 0 Å². The zero-order chi connectivity index (χ0) is 12.4. The SMILES string of the molecule is Cc1cc(C(C)NC2CCOC(C)C2)c(C)o1. The van der Waals surface area contributed by atoms with Gasteiger partial charge in [0.05, 0.1) is 6.10 Å². The first-order valence-corrected chi connectivity index (χ1v) is 6.51. The normalized spacial score (nSPS) is 27.1. The van der Waals surface area contributed by atoms with Crippen LogP contribution in [0, 0.1) is 13.8 Å². The van der Waals surface area contributed by atoms with E-state index in [1.165, 1.54) is 5.56 Å². The molecule has 0 bridgehead atoms. The fraction of sp³-hybridized carbons (Fsp3) is 0.714. The van der Waals surface area contributed by atoms with Gasteiger partial charge in [-0.3, -0.25) is 0 Å². The molecule has 2 heterocycles. The molecule has 0 aromatic carbocycles. The van der Waals surface area contributed by atoms with E-state index in [4.69, 9.17) is 9.15 Å². The second-order valence-corrected chi connectivity index (χ2v) is 5.16. The summed E-state index contributed by atoms with van der Waals surface area (Å²) in [6.07, 6.45) is 2.57. The maximum atomic E-state index is 5.58. The van der Waals surface area contributed by atoms with E-state index in [1.807, 2.05) is 13.8 Å². The average Bonchev–Trinajstić information content (AvgIpc) is 2.58. The van der Waals surface area contributed by atoms with Crippen LogP contribution in [0.4, 0.5) is 0 Å². The molecule has 1 N–H and O–H groups in total. The van der Waals surface area contributed by atoms with Crippen LogP contribution in [0.5, 0.6) is 0 Å². The molecule has 0 aliphatic carbocycles. The lowest BCUT2D eigenvalue weighted by Crippen LogP contribution is -2.39. The first kappa shape index (κ1) is 12.7. The van der Waals surface area contributed by atoms with E-state index in [0.29, 0.717) is 18.2 Å². The molecule has 1 aromatic heterocycles. The van der Waals surface area contributed by atoms with Crippen LogP contribution in [0.2, 0.25) is 0 Å². The van der Waals surface area contributed by atoms with E-state index >= 15 is 0 Å². The van der Waals surface area contributed by atoms with Gasteiger partial charge in [-0.15, -0.1) is 0 Å². The molecule has 17 heavy (non-hydrogen) atoms. The molecule has 2 rings (SSSR count). The van der Waals surface area contributed by atoms with Crippen LogP contribution in [-0.4, -0.2) is 18.8 Å². The summed E-state index contributed by atoms with van der Waals surface area (Å²) in [5.74, 6) is 2.02. The van der Waals surface area contributed by atoms with Gasteiger partial charge >= 0.3 is 0 Å². The number of ether oxygens (including phenoxy) is 1. The van der Waals surface area contributed by atoms with Gasteiger partial charge in [0.25, 0.3) is 0 Å². The van der Waals surface area contributed by atoms with Crippen molar-refractivity contribution in [3.63, 3.8) is 0 Å². The Balaban J connectivity index is 1.96. The van der Waals surface area contributed by atoms with Gasteiger partial charge in [0.2, 0.25) is 0 Å². The Hall–Kier alpha value is -0.800. The summed E-state index contributed by atoms with van der Waals surface area (Å²) >= 11 is 0. The number of aryl methyl sites for hydroxylation is 2. The summed E-state index contributed by atoms with van der Waals surface area (Å²) in [7, 11) is 0. The highest BCUT2D eigenvalue weighted by Crippen LogP contribution is 2.23. The van der Waals surface area contributed by atoms with Gasteiger partial charge in [0, 0.05) is 24.3 Å². The van der Waals surface area contributed by atoms with Gasteiger partial charge in [-0.1, -0.05) is 0 Å². The van der Waals surface area contributed by atoms with Crippen molar-refractivity contribution in [3.8, 4) is 0 Å². The standard InChI is InChI=1S/C14H23NO2/c1-9-7-13(5-6-16-9)15-11(3)14-8-10(2)17-12(14)4/h8-9,11,13,15H,5-7H2,1-4H3. The van der Waals surface area contributed by atoms with Gasteiger partial charge in [-0.2, -0.15) is 0 Å². The third-order valence-electron chi connectivity index (χ3n) is 3.52. The summed E-state index contributed by atoms with van der Waals surface area (Å²) in [5.41, 5.74) is 1.28. The molecule has 3 nitrogen and oxygen atoms in total. The molecule has 96 valence electrons. The topological polar surface area (TPSA) is 34.4 Å². The Bertz CT molecular complexity index is 372. The highest BCUT2D eigenvalue weighted by Gasteiger charge is 2.22. The van der Waals surface area contributed by atoms with Crippen LogP contribution in [-0.2, 0) is 4.74 Å². The second kappa shape index (κ2) is 5.23. The fourth-order valence-electron chi connectivity index (χ4n) is 2.67. The molecule has 1 aromatic rings. The molecule has 0 spiro atoms. The van der Waals surface area contributed by atoms with Crippen molar-refractivity contribution in [2.45, 2.75) is 58.7 Å². The fourth-order valence-corrected chi connectivity index (χ4v) is 2.67. The van der Waals surface area contributed by atoms with Gasteiger partial charge in [-0.25, -0.2) is 0 Å². The van der Waals surface area contributed by atoms with Crippen molar-refractivity contribution in [1.29, 1.82) is 0 Å². The number of furan rings is 1. The van der Waals surface area contributed by atoms with Crippen LogP contribution in [0.1, 0.15) is 49.8 Å². The van der Waals surface area contributed by atoms with E-state index in [-0.39, 0.29) is 0 Å². The first-order chi connectivity index (χ1) is 8.06. The molecule has 0 amide bonds. The smallest absolute Gasteiger partial charge is 0.105 e. The molecule has 3 atom stereocenters. The molecule has 1 saturated heterocycles. The summed E-state index contributed by atoms with van der Waals surface area (Å²) in [5, 5.41) is 3.68. The van der Waals surface area contributed by atoms with Crippen molar-refractivity contribution in [2.75, 3.05) is 6.61 Å². The first-order valence-electron chi connectivity index (χ1n) is 6.51. The number of rotatable bonds is 3. The predicted molar refractivity (Wildman–Crippen MR) is 68.2 cm³/mol. The van der Waals surface area contributed by atoms with Crippen LogP contribution >= 0.6 is 0 Å². The highest BCUT2D eigenvalue weighted by molar-refractivity contribution is 5.23. The zero-order valence-electron chi connectivity index (χ0n) is 11.2. The largest absolute Gasteiger partial charge is 0.466 e. The van der Waals surface area contributed by atoms with Gasteiger partial charge in [-0.05, 0) is 46.6 Å². The molecule has 3 heteroatoms. The maximum absolute atomic E-state index is 5.58. The third kappa shape index (κ3) is 3.11. The van der Waals surface area contributed by atoms with Crippen LogP contribution in [0.3, 0.4) is 0 Å². The Labute approximate surface area is 104 Å². The van der Waals surface area contributed by atoms with Crippen LogP contribution in [0.15, 0.2) is 10.5 Å². The minimum atomic E-state index is 0.350. The predicted octanol–water partition coefficient (Wildman–Crippen LogP) is 3.11. The monoisotopic (exact) mass is 237 g/mol. The second-order valence-electron chi connectivity index (χ2n) is 5.16. The van der Waals surface area contributed by atoms with Crippen LogP contribution < -0.4 is 5.32 Å². The summed E-state index contributed by atoms with van der Waals surface area (Å²) in [4.78, 5) is 0. The molecular weight excluding hydrogens is 214 g/mol. The van der Waals surface area contributed by atoms with E-state index in [1.54, 1.807) is 0 Å². The van der Waals surface area contributed by atoms with Crippen molar-refractivity contribution in [2.24, 2.45) is 0 Å². The van der Waals surface area contributed by atoms with E-state index in [2.05, 4.69) is 25.2 Å². The Morgan fingerprint density at radius 1 is 1.41 bits per heavy atom. The molecule has 1 aliphatic heterocycles. The minimum absolute atomic E-state index is 0.350. The average molecular weight is 237 g/mol. The Morgan fingerprint density at radius 3 is 2.76 bits per heavy atom. The molecule has 3 unspecified atom stereocenters. The Morgan fingerprint density at radius 2 is 2.18 bits per heavy atom. The van der Waals surface area contributed by atoms with Gasteiger partial charge in [0.1, 0.15) is 11.5 Å². The highest BCUT2D eigenvalue weighted by atomic mass is 16.5. The Kier molecular flexibility index (Phi) is 3.89. The summed E-state index contributed by atoms with van der Waals surface area (Å²) in [6.45, 7) is 9.25. The lowest BCUT2D eigenvalue weighted by Gasteiger charge is -2.30. The molecule has 0 radical (unpaired) electrons. The lowest BCUT2D eigenvalue weighted by atomic mass is 10.0. The van der Waals surface area contributed by atoms with Crippen molar-refractivity contribution < 1.29 is 9.15 Å². The van der Waals surface area contributed by atoms with Crippen LogP contribution in [0.25, 0.3) is 0 Å². The minimum Gasteiger partial charge on any atom is -0.466 e. The van der Waals surface area contributed by atoms with E-state index < -0.39 is 0 Å². The lowest BCUT2D eigenvalue weighted by molar-refractivity contribution is 0.0116. The molecule has 1 aliphatic rings. The van der Waals surface area contributed by atoms with E-state index in [9.17, 15) is 0 Å². The molecule has 1 fully saturated rings. The number of nitrogens with one attached hydrogen (secondary N) is 1. The number of hydrogen-bond donors (Lipinski definition) is 1. The van der Waals surface area contributed by atoms with E-state index in [0.717, 1.165) is 31.0 Å². The summed E-state index contributed by atoms with van der Waals surface area (Å²) in [6, 6.07) is 3.04. The molecular formula is C14H23NO2. The van der Waals surface area contributed by atoms with Gasteiger partial charge < -0.3 is 14.5 Å². The van der Waals surface area contributed by atoms with Gasteiger partial charge in [0.15, 0.2) is 0 Å².